The Morgan fingerprint density at radius 1 is 0.765 bits per heavy atom. The molecule has 4 aromatic carbocycles. The second kappa shape index (κ2) is 7.23. The van der Waals surface area contributed by atoms with Gasteiger partial charge in [-0.1, -0.05) is 66.7 Å². The smallest absolute Gasteiger partial charge is 0.0993 e. The number of anilines is 2. The van der Waals surface area contributed by atoms with Crippen molar-refractivity contribution in [2.24, 2.45) is 0 Å². The molecule has 0 amide bonds. The topological polar surface area (TPSA) is 32.0 Å². The van der Waals surface area contributed by atoms with Crippen LogP contribution >= 0.6 is 0 Å². The Bertz CT molecular complexity index is 1660. The van der Waals surface area contributed by atoms with Crippen LogP contribution < -0.4 is 4.90 Å². The van der Waals surface area contributed by atoms with Crippen molar-refractivity contribution >= 4 is 33.2 Å². The number of nitriles is 1. The van der Waals surface area contributed by atoms with Gasteiger partial charge < -0.3 is 9.47 Å². The first-order valence-electron chi connectivity index (χ1n) is 11.6. The summed E-state index contributed by atoms with van der Waals surface area (Å²) in [5.41, 5.74) is 8.78. The van der Waals surface area contributed by atoms with E-state index < -0.39 is 0 Å². The Morgan fingerprint density at radius 3 is 2.21 bits per heavy atom. The lowest BCUT2D eigenvalue weighted by Gasteiger charge is -2.25. The highest BCUT2D eigenvalue weighted by atomic mass is 15.2. The first-order valence-corrected chi connectivity index (χ1v) is 11.6. The van der Waals surface area contributed by atoms with Gasteiger partial charge >= 0.3 is 0 Å². The molecule has 0 radical (unpaired) electrons. The zero-order chi connectivity index (χ0) is 22.6. The van der Waals surface area contributed by atoms with Gasteiger partial charge in [-0.25, -0.2) is 0 Å². The van der Waals surface area contributed by atoms with Crippen molar-refractivity contribution in [3.8, 4) is 11.8 Å². The van der Waals surface area contributed by atoms with Crippen molar-refractivity contribution in [1.82, 2.24) is 4.57 Å². The van der Waals surface area contributed by atoms with Crippen LogP contribution in [0.15, 0.2) is 115 Å². The number of nitrogens with zero attached hydrogens (tertiary/aromatic N) is 3. The van der Waals surface area contributed by atoms with E-state index in [2.05, 4.69) is 113 Å². The maximum atomic E-state index is 9.98. The molecular formula is C31H21N3. The number of allylic oxidation sites excluding steroid dienone is 4. The summed E-state index contributed by atoms with van der Waals surface area (Å²) in [5, 5.41) is 12.4. The van der Waals surface area contributed by atoms with Gasteiger partial charge in [0.2, 0.25) is 0 Å². The monoisotopic (exact) mass is 435 g/mol. The molecular weight excluding hydrogens is 414 g/mol. The Kier molecular flexibility index (Phi) is 4.03. The third-order valence-corrected chi connectivity index (χ3v) is 7.07. The molecule has 2 aliphatic rings. The zero-order valence-corrected chi connectivity index (χ0v) is 18.5. The third-order valence-electron chi connectivity index (χ3n) is 7.07. The summed E-state index contributed by atoms with van der Waals surface area (Å²) < 4.78 is 2.28. The highest BCUT2D eigenvalue weighted by Crippen LogP contribution is 2.50. The highest BCUT2D eigenvalue weighted by Gasteiger charge is 2.34. The van der Waals surface area contributed by atoms with Crippen molar-refractivity contribution in [3.05, 3.63) is 126 Å². The second-order valence-corrected chi connectivity index (χ2v) is 8.92. The summed E-state index contributed by atoms with van der Waals surface area (Å²) in [6, 6.07) is 34.2. The van der Waals surface area contributed by atoms with E-state index in [1.54, 1.807) is 0 Å². The minimum atomic E-state index is 0.351. The molecule has 1 unspecified atom stereocenters. The van der Waals surface area contributed by atoms with Gasteiger partial charge in [0.1, 0.15) is 0 Å². The molecule has 0 saturated carbocycles. The average molecular weight is 436 g/mol. The summed E-state index contributed by atoms with van der Waals surface area (Å²) >= 11 is 0. The molecule has 1 aliphatic carbocycles. The molecule has 1 aliphatic heterocycles. The van der Waals surface area contributed by atoms with Gasteiger partial charge in [-0.3, -0.25) is 0 Å². The Balaban J connectivity index is 1.51. The average Bonchev–Trinajstić information content (AvgIpc) is 3.42. The molecule has 0 saturated heterocycles. The van der Waals surface area contributed by atoms with Crippen LogP contribution in [0.25, 0.3) is 27.5 Å². The lowest BCUT2D eigenvalue weighted by molar-refractivity contribution is 0.819. The largest absolute Gasteiger partial charge is 0.313 e. The van der Waals surface area contributed by atoms with Crippen molar-refractivity contribution in [2.75, 3.05) is 4.90 Å². The maximum Gasteiger partial charge on any atom is 0.0993 e. The van der Waals surface area contributed by atoms with Gasteiger partial charge in [0.15, 0.2) is 0 Å². The second-order valence-electron chi connectivity index (χ2n) is 8.92. The van der Waals surface area contributed by atoms with E-state index in [0.717, 1.165) is 28.8 Å². The standard InChI is InChI=1S/C31H21N3/c32-20-21-17-22(33-28-13-5-1-9-24(28)25-10-2-6-14-29(25)33)19-23(18-21)34-30-15-7-3-11-26(30)27-12-4-8-16-31(27)34/h1-11,13-19,27H,12H2. The SMILES string of the molecule is N#Cc1cc(N2C3=CC=CCC3c3ccccc32)cc(-n2c3ccccc3c3ccccc32)c1. The molecule has 1 atom stereocenters. The van der Waals surface area contributed by atoms with E-state index in [1.807, 2.05) is 12.1 Å². The van der Waals surface area contributed by atoms with Crippen molar-refractivity contribution in [1.29, 1.82) is 5.26 Å². The molecule has 160 valence electrons. The van der Waals surface area contributed by atoms with E-state index >= 15 is 0 Å². The number of aromatic nitrogens is 1. The van der Waals surface area contributed by atoms with Crippen LogP contribution in [0.5, 0.6) is 0 Å². The normalized spacial score (nSPS) is 16.4. The zero-order valence-electron chi connectivity index (χ0n) is 18.5. The highest BCUT2D eigenvalue weighted by molar-refractivity contribution is 6.09. The Labute approximate surface area is 198 Å². The number of benzene rings is 4. The van der Waals surface area contributed by atoms with Gasteiger partial charge in [0, 0.05) is 39.4 Å². The van der Waals surface area contributed by atoms with E-state index in [9.17, 15) is 5.26 Å². The lowest BCUT2D eigenvalue weighted by atomic mass is 9.92. The molecule has 0 N–H and O–H groups in total. The van der Waals surface area contributed by atoms with E-state index in [1.165, 1.54) is 27.7 Å². The van der Waals surface area contributed by atoms with Crippen LogP contribution in [-0.4, -0.2) is 4.57 Å². The Morgan fingerprint density at radius 2 is 1.44 bits per heavy atom. The molecule has 34 heavy (non-hydrogen) atoms. The fourth-order valence-electron chi connectivity index (χ4n) is 5.67. The predicted octanol–water partition coefficient (Wildman–Crippen LogP) is 7.73. The van der Waals surface area contributed by atoms with Crippen LogP contribution in [0.4, 0.5) is 11.4 Å². The molecule has 7 rings (SSSR count). The van der Waals surface area contributed by atoms with E-state index in [-0.39, 0.29) is 0 Å². The first-order chi connectivity index (χ1) is 16.8. The summed E-state index contributed by atoms with van der Waals surface area (Å²) in [7, 11) is 0. The van der Waals surface area contributed by atoms with Crippen LogP contribution in [-0.2, 0) is 0 Å². The lowest BCUT2D eigenvalue weighted by Crippen LogP contribution is -2.15. The summed E-state index contributed by atoms with van der Waals surface area (Å²) in [5.74, 6) is 0.351. The maximum absolute atomic E-state index is 9.98. The molecule has 0 bridgehead atoms. The van der Waals surface area contributed by atoms with Crippen molar-refractivity contribution in [2.45, 2.75) is 12.3 Å². The molecule has 3 heteroatoms. The number of hydrogen-bond acceptors (Lipinski definition) is 2. The Hall–Kier alpha value is -4.55. The van der Waals surface area contributed by atoms with E-state index in [0.29, 0.717) is 11.5 Å². The van der Waals surface area contributed by atoms with Crippen LogP contribution in [0.3, 0.4) is 0 Å². The fraction of sp³-hybridized carbons (Fsp3) is 0.0645. The summed E-state index contributed by atoms with van der Waals surface area (Å²) in [6.45, 7) is 0. The van der Waals surface area contributed by atoms with Crippen molar-refractivity contribution in [3.63, 3.8) is 0 Å². The number of para-hydroxylation sites is 3. The minimum Gasteiger partial charge on any atom is -0.313 e. The van der Waals surface area contributed by atoms with Gasteiger partial charge in [0.05, 0.1) is 22.7 Å². The molecule has 0 fully saturated rings. The molecule has 2 heterocycles. The number of rotatable bonds is 2. The minimum absolute atomic E-state index is 0.351. The van der Waals surface area contributed by atoms with Crippen LogP contribution in [0.2, 0.25) is 0 Å². The van der Waals surface area contributed by atoms with Gasteiger partial charge in [-0.2, -0.15) is 5.26 Å². The van der Waals surface area contributed by atoms with Gasteiger partial charge in [-0.05, 0) is 54.5 Å². The van der Waals surface area contributed by atoms with Crippen molar-refractivity contribution < 1.29 is 0 Å². The molecule has 1 aromatic heterocycles. The van der Waals surface area contributed by atoms with E-state index in [4.69, 9.17) is 0 Å². The van der Waals surface area contributed by atoms with Gasteiger partial charge in [0.25, 0.3) is 0 Å². The van der Waals surface area contributed by atoms with Crippen LogP contribution in [0.1, 0.15) is 23.5 Å². The molecule has 0 spiro atoms. The van der Waals surface area contributed by atoms with Crippen LogP contribution in [0, 0.1) is 11.3 Å². The summed E-state index contributed by atoms with van der Waals surface area (Å²) in [4.78, 5) is 2.34. The predicted molar refractivity (Wildman–Crippen MR) is 139 cm³/mol. The number of fused-ring (bicyclic) bond motifs is 6. The molecule has 5 aromatic rings. The third kappa shape index (κ3) is 2.63. The first kappa shape index (κ1) is 19.0. The number of hydrogen-bond donors (Lipinski definition) is 0. The van der Waals surface area contributed by atoms with Gasteiger partial charge in [-0.15, -0.1) is 0 Å². The molecule has 3 nitrogen and oxygen atoms in total. The summed E-state index contributed by atoms with van der Waals surface area (Å²) in [6.07, 6.45) is 7.60. The quantitative estimate of drug-likeness (QED) is 0.284. The fourth-order valence-corrected chi connectivity index (χ4v) is 5.67.